The van der Waals surface area contributed by atoms with Crippen LogP contribution < -0.4 is 9.13 Å². The molecule has 0 bridgehead atoms. The van der Waals surface area contributed by atoms with Gasteiger partial charge in [0.05, 0.1) is 14.1 Å². The first-order valence-electron chi connectivity index (χ1n) is 11.3. The Morgan fingerprint density at radius 1 is 0.562 bits per heavy atom. The van der Waals surface area contributed by atoms with Crippen molar-refractivity contribution in [3.8, 4) is 0 Å². The van der Waals surface area contributed by atoms with Gasteiger partial charge in [0.1, 0.15) is 13.1 Å². The first kappa shape index (κ1) is 20.5. The minimum Gasteiger partial charge on any atom is -0.233 e. The van der Waals surface area contributed by atoms with E-state index in [1.807, 2.05) is 0 Å². The highest BCUT2D eigenvalue weighted by Crippen LogP contribution is 2.29. The van der Waals surface area contributed by atoms with Crippen LogP contribution >= 0.6 is 0 Å². The van der Waals surface area contributed by atoms with Gasteiger partial charge < -0.3 is 0 Å². The lowest BCUT2D eigenvalue weighted by atomic mass is 9.88. The lowest BCUT2D eigenvalue weighted by Crippen LogP contribution is -2.25. The molecule has 0 saturated carbocycles. The van der Waals surface area contributed by atoms with Crippen LogP contribution in [0.1, 0.15) is 33.4 Å². The van der Waals surface area contributed by atoms with Crippen molar-refractivity contribution in [3.63, 3.8) is 0 Å². The molecule has 3 aromatic carbocycles. The van der Waals surface area contributed by atoms with Crippen LogP contribution in [0.4, 0.5) is 0 Å². The van der Waals surface area contributed by atoms with Gasteiger partial charge in [0.2, 0.25) is 12.7 Å². The van der Waals surface area contributed by atoms with Gasteiger partial charge in [0, 0.05) is 0 Å². The van der Waals surface area contributed by atoms with Crippen LogP contribution in [-0.4, -0.2) is 9.13 Å². The lowest BCUT2D eigenvalue weighted by molar-refractivity contribution is -0.645. The predicted octanol–water partition coefficient (Wildman–Crippen LogP) is 4.58. The van der Waals surface area contributed by atoms with Crippen molar-refractivity contribution < 1.29 is 9.13 Å². The van der Waals surface area contributed by atoms with Crippen LogP contribution in [0.15, 0.2) is 61.2 Å². The van der Waals surface area contributed by atoms with Crippen molar-refractivity contribution in [1.82, 2.24) is 9.13 Å². The van der Waals surface area contributed by atoms with Crippen molar-refractivity contribution in [1.29, 1.82) is 0 Å². The Morgan fingerprint density at radius 3 is 1.28 bits per heavy atom. The minimum atomic E-state index is 0.891. The SMILES string of the molecule is Cc1c(C)c(Cn2c[n+](C)c3ccccc32)c(C)c(C)c1Cn1c[n+](C)c2ccccc21. The summed E-state index contributed by atoms with van der Waals surface area (Å²) >= 11 is 0. The highest BCUT2D eigenvalue weighted by atomic mass is 15.1. The standard InChI is InChI=1S/C28H32N4/c1-19-20(2)24(16-32-18-30(6)26-12-8-10-14-28(26)32)22(4)21(3)23(19)15-31-17-29(5)25-11-7-9-13-27(25)31/h7-14,17-18H,15-16H2,1-6H3/q+2. The van der Waals surface area contributed by atoms with Crippen molar-refractivity contribution in [2.24, 2.45) is 14.1 Å². The molecule has 4 nitrogen and oxygen atoms in total. The van der Waals surface area contributed by atoms with Crippen molar-refractivity contribution in [3.05, 3.63) is 94.6 Å². The summed E-state index contributed by atoms with van der Waals surface area (Å²) in [7, 11) is 4.25. The fraction of sp³-hybridized carbons (Fsp3) is 0.286. The normalized spacial score (nSPS) is 11.7. The average Bonchev–Trinajstić information content (AvgIpc) is 3.30. The molecule has 2 heterocycles. The summed E-state index contributed by atoms with van der Waals surface area (Å²) < 4.78 is 9.18. The highest BCUT2D eigenvalue weighted by molar-refractivity contribution is 5.72. The maximum absolute atomic E-state index is 2.38. The average molecular weight is 425 g/mol. The molecule has 0 spiro atoms. The fourth-order valence-electron chi connectivity index (χ4n) is 5.21. The third-order valence-corrected chi connectivity index (χ3v) is 7.36. The predicted molar refractivity (Wildman–Crippen MR) is 130 cm³/mol. The number of rotatable bonds is 4. The Morgan fingerprint density at radius 2 is 0.906 bits per heavy atom. The van der Waals surface area contributed by atoms with Crippen LogP contribution in [-0.2, 0) is 27.2 Å². The van der Waals surface area contributed by atoms with E-state index >= 15 is 0 Å². The summed E-state index contributed by atoms with van der Waals surface area (Å²) in [5.74, 6) is 0. The smallest absolute Gasteiger partial charge is 0.233 e. The van der Waals surface area contributed by atoms with E-state index in [0.29, 0.717) is 0 Å². The van der Waals surface area contributed by atoms with E-state index in [9.17, 15) is 0 Å². The maximum atomic E-state index is 2.38. The number of imidazole rings is 2. The molecule has 0 aliphatic carbocycles. The van der Waals surface area contributed by atoms with Gasteiger partial charge in [0.15, 0.2) is 22.1 Å². The number of hydrogen-bond acceptors (Lipinski definition) is 0. The monoisotopic (exact) mass is 424 g/mol. The van der Waals surface area contributed by atoms with E-state index < -0.39 is 0 Å². The van der Waals surface area contributed by atoms with Crippen molar-refractivity contribution in [2.75, 3.05) is 0 Å². The number of fused-ring (bicyclic) bond motifs is 2. The zero-order valence-electron chi connectivity index (χ0n) is 20.0. The summed E-state index contributed by atoms with van der Waals surface area (Å²) in [4.78, 5) is 0. The van der Waals surface area contributed by atoms with Crippen LogP contribution in [0, 0.1) is 27.7 Å². The molecule has 0 atom stereocenters. The fourth-order valence-corrected chi connectivity index (χ4v) is 5.21. The topological polar surface area (TPSA) is 17.6 Å². The summed E-state index contributed by atoms with van der Waals surface area (Å²) in [5.41, 5.74) is 13.6. The van der Waals surface area contributed by atoms with E-state index in [0.717, 1.165) is 13.1 Å². The van der Waals surface area contributed by atoms with Gasteiger partial charge >= 0.3 is 0 Å². The second-order valence-corrected chi connectivity index (χ2v) is 9.14. The quantitative estimate of drug-likeness (QED) is 0.376. The Bertz CT molecular complexity index is 1340. The Balaban J connectivity index is 1.59. The summed E-state index contributed by atoms with van der Waals surface area (Å²) in [6, 6.07) is 17.3. The molecule has 0 aliphatic rings. The Kier molecular flexibility index (Phi) is 4.89. The molecule has 0 amide bonds. The van der Waals surface area contributed by atoms with E-state index in [2.05, 4.69) is 121 Å². The Hall–Kier alpha value is -3.40. The lowest BCUT2D eigenvalue weighted by Gasteiger charge is -2.19. The van der Waals surface area contributed by atoms with Gasteiger partial charge in [-0.25, -0.2) is 18.3 Å². The first-order valence-corrected chi connectivity index (χ1v) is 11.3. The van der Waals surface area contributed by atoms with E-state index in [1.165, 1.54) is 55.4 Å². The van der Waals surface area contributed by atoms with Crippen LogP contribution in [0.5, 0.6) is 0 Å². The zero-order valence-corrected chi connectivity index (χ0v) is 20.0. The maximum Gasteiger partial charge on any atom is 0.244 e. The second-order valence-electron chi connectivity index (χ2n) is 9.14. The molecule has 0 aliphatic heterocycles. The molecule has 0 saturated heterocycles. The number of hydrogen-bond donors (Lipinski definition) is 0. The van der Waals surface area contributed by atoms with E-state index in [1.54, 1.807) is 0 Å². The molecule has 4 heteroatoms. The summed E-state index contributed by atoms with van der Waals surface area (Å²) in [6.07, 6.45) is 4.43. The first-order chi connectivity index (χ1) is 15.4. The third kappa shape index (κ3) is 3.13. The third-order valence-electron chi connectivity index (χ3n) is 7.36. The molecule has 0 N–H and O–H groups in total. The molecule has 32 heavy (non-hydrogen) atoms. The number of aromatic nitrogens is 4. The number of nitrogens with zero attached hydrogens (tertiary/aromatic N) is 4. The number of benzene rings is 3. The Labute approximate surface area is 190 Å². The molecule has 5 rings (SSSR count). The molecule has 5 aromatic rings. The molecular formula is C28H32N4+2. The molecule has 162 valence electrons. The highest BCUT2D eigenvalue weighted by Gasteiger charge is 2.21. The number of aryl methyl sites for hydroxylation is 2. The van der Waals surface area contributed by atoms with E-state index in [4.69, 9.17) is 0 Å². The molecular weight excluding hydrogens is 392 g/mol. The zero-order chi connectivity index (χ0) is 22.6. The van der Waals surface area contributed by atoms with E-state index in [-0.39, 0.29) is 0 Å². The van der Waals surface area contributed by atoms with Gasteiger partial charge in [0.25, 0.3) is 0 Å². The minimum absolute atomic E-state index is 0.891. The number of para-hydroxylation sites is 4. The van der Waals surface area contributed by atoms with Gasteiger partial charge in [-0.3, -0.25) is 0 Å². The van der Waals surface area contributed by atoms with Gasteiger partial charge in [-0.15, -0.1) is 0 Å². The van der Waals surface area contributed by atoms with Gasteiger partial charge in [-0.2, -0.15) is 0 Å². The van der Waals surface area contributed by atoms with Crippen LogP contribution in [0.2, 0.25) is 0 Å². The van der Waals surface area contributed by atoms with Gasteiger partial charge in [-0.1, -0.05) is 24.3 Å². The van der Waals surface area contributed by atoms with Crippen molar-refractivity contribution >= 4 is 22.1 Å². The summed E-state index contributed by atoms with van der Waals surface area (Å²) in [6.45, 7) is 10.9. The van der Waals surface area contributed by atoms with Crippen LogP contribution in [0.25, 0.3) is 22.1 Å². The molecule has 0 radical (unpaired) electrons. The van der Waals surface area contributed by atoms with Crippen LogP contribution in [0.3, 0.4) is 0 Å². The second kappa shape index (κ2) is 7.63. The van der Waals surface area contributed by atoms with Crippen molar-refractivity contribution in [2.45, 2.75) is 40.8 Å². The molecule has 2 aromatic heterocycles. The van der Waals surface area contributed by atoms with Gasteiger partial charge in [-0.05, 0) is 85.3 Å². The molecule has 0 fully saturated rings. The largest absolute Gasteiger partial charge is 0.244 e. The molecule has 0 unspecified atom stereocenters. The summed E-state index contributed by atoms with van der Waals surface area (Å²) in [5, 5.41) is 0.